The molecule has 2 amide bonds. The summed E-state index contributed by atoms with van der Waals surface area (Å²) in [5.74, 6) is 1.03. The number of rotatable bonds is 6. The van der Waals surface area contributed by atoms with Crippen molar-refractivity contribution in [2.75, 3.05) is 45.9 Å². The average molecular weight is 450 g/mol. The second-order valence-corrected chi connectivity index (χ2v) is 10.4. The SMILES string of the molecule is CCOc1ccc(S(=O)(=O)N2CCC(C(=O)N3CCN(C(=O)C4CC4)CC3)CC2)cc1. The van der Waals surface area contributed by atoms with Gasteiger partial charge in [0.1, 0.15) is 5.75 Å². The summed E-state index contributed by atoms with van der Waals surface area (Å²) >= 11 is 0. The summed E-state index contributed by atoms with van der Waals surface area (Å²) in [4.78, 5) is 29.1. The van der Waals surface area contributed by atoms with E-state index in [2.05, 4.69) is 0 Å². The summed E-state index contributed by atoms with van der Waals surface area (Å²) in [7, 11) is -3.58. The summed E-state index contributed by atoms with van der Waals surface area (Å²) in [5.41, 5.74) is 0. The zero-order chi connectivity index (χ0) is 22.0. The highest BCUT2D eigenvalue weighted by atomic mass is 32.2. The number of amides is 2. The topological polar surface area (TPSA) is 87.2 Å². The van der Waals surface area contributed by atoms with Crippen LogP contribution < -0.4 is 4.74 Å². The number of carbonyl (C=O) groups is 2. The van der Waals surface area contributed by atoms with E-state index in [0.29, 0.717) is 64.5 Å². The largest absolute Gasteiger partial charge is 0.494 e. The first-order chi connectivity index (χ1) is 14.9. The van der Waals surface area contributed by atoms with Crippen LogP contribution in [0, 0.1) is 11.8 Å². The predicted octanol–water partition coefficient (Wildman–Crippen LogP) is 1.57. The summed E-state index contributed by atoms with van der Waals surface area (Å²) < 4.78 is 32.7. The van der Waals surface area contributed by atoms with Crippen molar-refractivity contribution in [2.45, 2.75) is 37.5 Å². The minimum Gasteiger partial charge on any atom is -0.494 e. The molecule has 3 aliphatic rings. The highest BCUT2D eigenvalue weighted by molar-refractivity contribution is 7.89. The zero-order valence-corrected chi connectivity index (χ0v) is 18.8. The normalized spacial score (nSPS) is 21.2. The maximum Gasteiger partial charge on any atom is 0.243 e. The lowest BCUT2D eigenvalue weighted by Crippen LogP contribution is -2.53. The molecule has 2 saturated heterocycles. The third-order valence-electron chi connectivity index (χ3n) is 6.41. The van der Waals surface area contributed by atoms with Crippen molar-refractivity contribution in [3.63, 3.8) is 0 Å². The molecule has 3 fully saturated rings. The molecule has 1 aliphatic carbocycles. The van der Waals surface area contributed by atoms with Gasteiger partial charge in [-0.05, 0) is 56.9 Å². The Kier molecular flexibility index (Phi) is 6.52. The van der Waals surface area contributed by atoms with E-state index in [1.165, 1.54) is 4.31 Å². The highest BCUT2D eigenvalue weighted by Crippen LogP contribution is 2.31. The molecule has 9 heteroatoms. The Labute approximate surface area is 184 Å². The van der Waals surface area contributed by atoms with Gasteiger partial charge >= 0.3 is 0 Å². The lowest BCUT2D eigenvalue weighted by Gasteiger charge is -2.38. The Morgan fingerprint density at radius 3 is 1.77 bits per heavy atom. The zero-order valence-electron chi connectivity index (χ0n) is 18.0. The highest BCUT2D eigenvalue weighted by Gasteiger charge is 2.37. The smallest absolute Gasteiger partial charge is 0.243 e. The molecule has 1 aromatic carbocycles. The molecule has 31 heavy (non-hydrogen) atoms. The van der Waals surface area contributed by atoms with Crippen LogP contribution in [0.2, 0.25) is 0 Å². The number of hydrogen-bond acceptors (Lipinski definition) is 5. The molecule has 0 aromatic heterocycles. The molecule has 1 aromatic rings. The molecule has 0 spiro atoms. The molecule has 4 rings (SSSR count). The van der Waals surface area contributed by atoms with E-state index >= 15 is 0 Å². The Morgan fingerprint density at radius 1 is 0.839 bits per heavy atom. The summed E-state index contributed by atoms with van der Waals surface area (Å²) in [5, 5.41) is 0. The summed E-state index contributed by atoms with van der Waals surface area (Å²) in [6, 6.07) is 6.47. The minimum atomic E-state index is -3.58. The van der Waals surface area contributed by atoms with Crippen LogP contribution in [0.5, 0.6) is 5.75 Å². The van der Waals surface area contributed by atoms with E-state index in [4.69, 9.17) is 4.74 Å². The van der Waals surface area contributed by atoms with Gasteiger partial charge in [0, 0.05) is 51.1 Å². The monoisotopic (exact) mass is 449 g/mol. The van der Waals surface area contributed by atoms with Crippen molar-refractivity contribution in [3.05, 3.63) is 24.3 Å². The van der Waals surface area contributed by atoms with Crippen molar-refractivity contribution in [1.29, 1.82) is 0 Å². The first kappa shape index (κ1) is 22.1. The minimum absolute atomic E-state index is 0.0941. The van der Waals surface area contributed by atoms with E-state index in [0.717, 1.165) is 12.8 Å². The first-order valence-corrected chi connectivity index (χ1v) is 12.6. The molecule has 2 aliphatic heterocycles. The van der Waals surface area contributed by atoms with Crippen LogP contribution in [-0.4, -0.2) is 80.2 Å². The molecule has 2 heterocycles. The Morgan fingerprint density at radius 2 is 1.32 bits per heavy atom. The number of benzene rings is 1. The van der Waals surface area contributed by atoms with Gasteiger partial charge in [-0.3, -0.25) is 9.59 Å². The number of nitrogens with zero attached hydrogens (tertiary/aromatic N) is 3. The van der Waals surface area contributed by atoms with Crippen LogP contribution in [0.15, 0.2) is 29.2 Å². The third kappa shape index (κ3) is 4.87. The standard InChI is InChI=1S/C22H31N3O5S/c1-2-30-19-5-7-20(8-6-19)31(28,29)25-11-9-18(10-12-25)22(27)24-15-13-23(14-16-24)21(26)17-3-4-17/h5-8,17-18H,2-4,9-16H2,1H3. The summed E-state index contributed by atoms with van der Waals surface area (Å²) in [6.45, 7) is 5.43. The fourth-order valence-electron chi connectivity index (χ4n) is 4.36. The molecule has 1 saturated carbocycles. The van der Waals surface area contributed by atoms with Crippen LogP contribution in [0.25, 0.3) is 0 Å². The maximum absolute atomic E-state index is 12.9. The van der Waals surface area contributed by atoms with E-state index in [9.17, 15) is 18.0 Å². The summed E-state index contributed by atoms with van der Waals surface area (Å²) in [6.07, 6.45) is 3.04. The van der Waals surface area contributed by atoms with Crippen molar-refractivity contribution in [3.8, 4) is 5.75 Å². The molecular weight excluding hydrogens is 418 g/mol. The first-order valence-electron chi connectivity index (χ1n) is 11.2. The number of hydrogen-bond donors (Lipinski definition) is 0. The second kappa shape index (κ2) is 9.16. The van der Waals surface area contributed by atoms with Crippen LogP contribution >= 0.6 is 0 Å². The molecule has 0 bridgehead atoms. The van der Waals surface area contributed by atoms with E-state index in [1.807, 2.05) is 16.7 Å². The quantitative estimate of drug-likeness (QED) is 0.658. The predicted molar refractivity (Wildman–Crippen MR) is 115 cm³/mol. The van der Waals surface area contributed by atoms with Gasteiger partial charge in [-0.1, -0.05) is 0 Å². The van der Waals surface area contributed by atoms with Crippen LogP contribution in [0.1, 0.15) is 32.6 Å². The van der Waals surface area contributed by atoms with Crippen molar-refractivity contribution < 1.29 is 22.7 Å². The van der Waals surface area contributed by atoms with Crippen LogP contribution in [0.4, 0.5) is 0 Å². The van der Waals surface area contributed by atoms with Gasteiger partial charge < -0.3 is 14.5 Å². The molecule has 170 valence electrons. The number of piperazine rings is 1. The molecule has 0 radical (unpaired) electrons. The van der Waals surface area contributed by atoms with E-state index in [1.54, 1.807) is 24.3 Å². The molecule has 0 unspecified atom stereocenters. The number of carbonyl (C=O) groups excluding carboxylic acids is 2. The van der Waals surface area contributed by atoms with Gasteiger partial charge in [-0.2, -0.15) is 4.31 Å². The molecule has 0 atom stereocenters. The van der Waals surface area contributed by atoms with Gasteiger partial charge in [0.05, 0.1) is 11.5 Å². The van der Waals surface area contributed by atoms with Crippen molar-refractivity contribution in [2.24, 2.45) is 11.8 Å². The fourth-order valence-corrected chi connectivity index (χ4v) is 5.83. The van der Waals surface area contributed by atoms with Gasteiger partial charge in [0.2, 0.25) is 21.8 Å². The Hall–Kier alpha value is -2.13. The maximum atomic E-state index is 12.9. The fraction of sp³-hybridized carbons (Fsp3) is 0.636. The molecular formula is C22H31N3O5S. The van der Waals surface area contributed by atoms with Crippen LogP contribution in [-0.2, 0) is 19.6 Å². The van der Waals surface area contributed by atoms with E-state index in [-0.39, 0.29) is 28.5 Å². The lowest BCUT2D eigenvalue weighted by atomic mass is 9.96. The van der Waals surface area contributed by atoms with Gasteiger partial charge in [0.25, 0.3) is 0 Å². The second-order valence-electron chi connectivity index (χ2n) is 8.51. The third-order valence-corrected chi connectivity index (χ3v) is 8.32. The molecule has 8 nitrogen and oxygen atoms in total. The molecule has 0 N–H and O–H groups in total. The average Bonchev–Trinajstić information content (AvgIpc) is 3.64. The van der Waals surface area contributed by atoms with Gasteiger partial charge in [0.15, 0.2) is 0 Å². The van der Waals surface area contributed by atoms with Gasteiger partial charge in [-0.25, -0.2) is 8.42 Å². The van der Waals surface area contributed by atoms with Crippen LogP contribution in [0.3, 0.4) is 0 Å². The number of sulfonamides is 1. The van der Waals surface area contributed by atoms with Crippen molar-refractivity contribution >= 4 is 21.8 Å². The number of piperidine rings is 1. The van der Waals surface area contributed by atoms with E-state index < -0.39 is 10.0 Å². The Bertz CT molecular complexity index is 898. The number of ether oxygens (including phenoxy) is 1. The lowest BCUT2D eigenvalue weighted by molar-refractivity contribution is -0.143. The van der Waals surface area contributed by atoms with Crippen molar-refractivity contribution in [1.82, 2.24) is 14.1 Å². The van der Waals surface area contributed by atoms with Gasteiger partial charge in [-0.15, -0.1) is 0 Å². The Balaban J connectivity index is 1.29.